The molecule has 1 atom stereocenters. The van der Waals surface area contributed by atoms with Gasteiger partial charge in [-0.3, -0.25) is 4.90 Å². The number of benzene rings is 1. The third-order valence-corrected chi connectivity index (χ3v) is 5.60. The normalized spacial score (nSPS) is 21.3. The average Bonchev–Trinajstić information content (AvgIpc) is 2.69. The summed E-state index contributed by atoms with van der Waals surface area (Å²) in [4.78, 5) is 29.8. The number of hydrogen-bond donors (Lipinski definition) is 2. The lowest BCUT2D eigenvalue weighted by atomic mass is 9.91. The fourth-order valence-corrected chi connectivity index (χ4v) is 3.89. The van der Waals surface area contributed by atoms with E-state index in [4.69, 9.17) is 4.74 Å². The van der Waals surface area contributed by atoms with Crippen molar-refractivity contribution >= 4 is 12.0 Å². The molecule has 0 bridgehead atoms. The van der Waals surface area contributed by atoms with E-state index in [1.54, 1.807) is 0 Å². The minimum atomic E-state index is -0.520. The second-order valence-electron chi connectivity index (χ2n) is 7.49. The zero-order chi connectivity index (χ0) is 20.3. The molecule has 0 saturated carbocycles. The number of ether oxygens (including phenoxy) is 1. The second kappa shape index (κ2) is 8.75. The smallest absolute Gasteiger partial charge is 0.338 e. The zero-order valence-corrected chi connectivity index (χ0v) is 17.2. The van der Waals surface area contributed by atoms with Gasteiger partial charge >= 0.3 is 12.0 Å². The lowest BCUT2D eigenvalue weighted by molar-refractivity contribution is -0.136. The first-order chi connectivity index (χ1) is 13.4. The van der Waals surface area contributed by atoms with E-state index in [1.165, 1.54) is 7.11 Å². The maximum Gasteiger partial charge on any atom is 0.338 e. The molecule has 0 aliphatic carbocycles. The monoisotopic (exact) mass is 386 g/mol. The highest BCUT2D eigenvalue weighted by atomic mass is 16.5. The molecule has 28 heavy (non-hydrogen) atoms. The molecule has 1 saturated heterocycles. The largest absolute Gasteiger partial charge is 0.466 e. The summed E-state index contributed by atoms with van der Waals surface area (Å²) in [6.07, 6.45) is 0. The van der Waals surface area contributed by atoms with E-state index < -0.39 is 12.0 Å². The molecule has 2 amide bonds. The summed E-state index contributed by atoms with van der Waals surface area (Å²) in [5.41, 5.74) is 4.13. The molecule has 7 heteroatoms. The third kappa shape index (κ3) is 4.36. The Labute approximate surface area is 166 Å². The van der Waals surface area contributed by atoms with Crippen LogP contribution in [-0.4, -0.2) is 68.2 Å². The number of amides is 2. The lowest BCUT2D eigenvalue weighted by Crippen LogP contribution is -2.51. The third-order valence-electron chi connectivity index (χ3n) is 5.60. The van der Waals surface area contributed by atoms with Gasteiger partial charge in [0.15, 0.2) is 0 Å². The van der Waals surface area contributed by atoms with Crippen molar-refractivity contribution in [2.45, 2.75) is 26.8 Å². The van der Waals surface area contributed by atoms with Gasteiger partial charge in [-0.1, -0.05) is 30.7 Å². The summed E-state index contributed by atoms with van der Waals surface area (Å²) in [6.45, 7) is 11.5. The molecule has 0 radical (unpaired) electrons. The van der Waals surface area contributed by atoms with Crippen LogP contribution in [0.2, 0.25) is 0 Å². The number of nitrogens with one attached hydrogen (secondary N) is 2. The number of methoxy groups -OCH3 is 1. The van der Waals surface area contributed by atoms with Crippen LogP contribution >= 0.6 is 0 Å². The summed E-state index contributed by atoms with van der Waals surface area (Å²) in [5, 5.41) is 5.78. The highest BCUT2D eigenvalue weighted by Crippen LogP contribution is 2.30. The molecule has 2 aliphatic rings. The summed E-state index contributed by atoms with van der Waals surface area (Å²) in [6, 6.07) is 5.25. The van der Waals surface area contributed by atoms with Gasteiger partial charge in [0.1, 0.15) is 0 Å². The molecule has 1 aromatic rings. The molecule has 0 spiro atoms. The summed E-state index contributed by atoms with van der Waals surface area (Å²) in [5.74, 6) is -0.416. The van der Waals surface area contributed by atoms with Crippen LogP contribution in [0.3, 0.4) is 0 Å². The van der Waals surface area contributed by atoms with Gasteiger partial charge in [0.05, 0.1) is 18.7 Å². The average molecular weight is 386 g/mol. The number of likely N-dealkylation sites (N-methyl/N-ethyl adjacent to an activating group) is 1. The molecule has 152 valence electrons. The van der Waals surface area contributed by atoms with E-state index in [0.717, 1.165) is 49.4 Å². The standard InChI is InChI=1S/C21H30N4O3/c1-5-24-8-10-25(11-9-24)13-17-18(20(26)28-4)19(23-21(27)22-17)16-12-14(2)6-7-15(16)3/h6-7,12,19H,5,8-11,13H2,1-4H3,(H2,22,23,27)/t19-/m0/s1. The number of urea groups is 1. The molecule has 0 aromatic heterocycles. The number of carbonyl (C=O) groups excluding carboxylic acids is 2. The van der Waals surface area contributed by atoms with Crippen LogP contribution in [0.5, 0.6) is 0 Å². The van der Waals surface area contributed by atoms with Crippen LogP contribution in [0.1, 0.15) is 29.7 Å². The number of rotatable bonds is 5. The Kier molecular flexibility index (Phi) is 6.36. The molecular formula is C21H30N4O3. The van der Waals surface area contributed by atoms with Crippen molar-refractivity contribution in [2.24, 2.45) is 0 Å². The van der Waals surface area contributed by atoms with Crippen LogP contribution < -0.4 is 10.6 Å². The Bertz CT molecular complexity index is 782. The van der Waals surface area contributed by atoms with Gasteiger partial charge in [-0.05, 0) is 31.5 Å². The van der Waals surface area contributed by atoms with Crippen molar-refractivity contribution in [3.05, 3.63) is 46.2 Å². The van der Waals surface area contributed by atoms with Gasteiger partial charge in [-0.15, -0.1) is 0 Å². The molecule has 2 N–H and O–H groups in total. The zero-order valence-electron chi connectivity index (χ0n) is 17.2. The Hall–Kier alpha value is -2.38. The minimum absolute atomic E-state index is 0.291. The number of carbonyl (C=O) groups is 2. The number of aryl methyl sites for hydroxylation is 2. The van der Waals surface area contributed by atoms with E-state index in [0.29, 0.717) is 17.8 Å². The van der Waals surface area contributed by atoms with Gasteiger partial charge in [0.25, 0.3) is 0 Å². The van der Waals surface area contributed by atoms with Crippen molar-refractivity contribution in [1.82, 2.24) is 20.4 Å². The maximum atomic E-state index is 12.7. The van der Waals surface area contributed by atoms with E-state index in [2.05, 4.69) is 27.4 Å². The van der Waals surface area contributed by atoms with E-state index >= 15 is 0 Å². The van der Waals surface area contributed by atoms with Gasteiger partial charge in [0, 0.05) is 38.4 Å². The van der Waals surface area contributed by atoms with E-state index in [1.807, 2.05) is 32.0 Å². The molecule has 0 unspecified atom stereocenters. The second-order valence-corrected chi connectivity index (χ2v) is 7.49. The number of hydrogen-bond acceptors (Lipinski definition) is 5. The molecule has 1 fully saturated rings. The van der Waals surface area contributed by atoms with Gasteiger partial charge in [-0.2, -0.15) is 0 Å². The predicted molar refractivity (Wildman–Crippen MR) is 108 cm³/mol. The highest BCUT2D eigenvalue weighted by Gasteiger charge is 2.35. The van der Waals surface area contributed by atoms with Crippen LogP contribution in [0.25, 0.3) is 0 Å². The topological polar surface area (TPSA) is 73.9 Å². The van der Waals surface area contributed by atoms with E-state index in [-0.39, 0.29) is 6.03 Å². The minimum Gasteiger partial charge on any atom is -0.466 e. The Morgan fingerprint density at radius 3 is 2.50 bits per heavy atom. The fourth-order valence-electron chi connectivity index (χ4n) is 3.89. The summed E-state index contributed by atoms with van der Waals surface area (Å²) in [7, 11) is 1.38. The maximum absolute atomic E-state index is 12.7. The molecular weight excluding hydrogens is 356 g/mol. The van der Waals surface area contributed by atoms with Crippen LogP contribution in [-0.2, 0) is 9.53 Å². The first kappa shape index (κ1) is 20.4. The first-order valence-electron chi connectivity index (χ1n) is 9.83. The number of nitrogens with zero attached hydrogens (tertiary/aromatic N) is 2. The van der Waals surface area contributed by atoms with Gasteiger partial charge in [-0.25, -0.2) is 9.59 Å². The SMILES string of the molecule is CCN1CCN(CC2=C(C(=O)OC)[C@H](c3cc(C)ccc3C)NC(=O)N2)CC1. The van der Waals surface area contributed by atoms with Crippen molar-refractivity contribution in [3.63, 3.8) is 0 Å². The Morgan fingerprint density at radius 2 is 1.86 bits per heavy atom. The van der Waals surface area contributed by atoms with Gasteiger partial charge in [0.2, 0.25) is 0 Å². The first-order valence-corrected chi connectivity index (χ1v) is 9.83. The molecule has 1 aromatic carbocycles. The summed E-state index contributed by atoms with van der Waals surface area (Å²) < 4.78 is 5.09. The van der Waals surface area contributed by atoms with Crippen molar-refractivity contribution in [3.8, 4) is 0 Å². The Morgan fingerprint density at radius 1 is 1.18 bits per heavy atom. The molecule has 2 heterocycles. The van der Waals surface area contributed by atoms with Crippen molar-refractivity contribution in [2.75, 3.05) is 46.4 Å². The van der Waals surface area contributed by atoms with Crippen LogP contribution in [0.15, 0.2) is 29.5 Å². The lowest BCUT2D eigenvalue weighted by Gasteiger charge is -2.36. The van der Waals surface area contributed by atoms with Crippen LogP contribution in [0, 0.1) is 13.8 Å². The highest BCUT2D eigenvalue weighted by molar-refractivity contribution is 5.95. The van der Waals surface area contributed by atoms with Crippen molar-refractivity contribution < 1.29 is 14.3 Å². The molecule has 2 aliphatic heterocycles. The number of esters is 1. The fraction of sp³-hybridized carbons (Fsp3) is 0.524. The quantitative estimate of drug-likeness (QED) is 0.754. The van der Waals surface area contributed by atoms with E-state index in [9.17, 15) is 9.59 Å². The van der Waals surface area contributed by atoms with Gasteiger partial charge < -0.3 is 20.3 Å². The predicted octanol–water partition coefficient (Wildman–Crippen LogP) is 1.72. The van der Waals surface area contributed by atoms with Crippen molar-refractivity contribution in [1.29, 1.82) is 0 Å². The Balaban J connectivity index is 1.95. The van der Waals surface area contributed by atoms with Crippen LogP contribution in [0.4, 0.5) is 4.79 Å². The molecule has 3 rings (SSSR count). The summed E-state index contributed by atoms with van der Waals surface area (Å²) >= 11 is 0. The number of piperazine rings is 1. The molecule has 7 nitrogen and oxygen atoms in total.